The third kappa shape index (κ3) is 7.11. The summed E-state index contributed by atoms with van der Waals surface area (Å²) < 4.78 is 5.70. The van der Waals surface area contributed by atoms with E-state index in [1.807, 2.05) is 30.3 Å². The molecule has 3 rings (SSSR count). The van der Waals surface area contributed by atoms with Crippen LogP contribution in [0.2, 0.25) is 0 Å². The molecule has 3 aromatic carbocycles. The van der Waals surface area contributed by atoms with Gasteiger partial charge in [0.05, 0.1) is 11.5 Å². The molecule has 0 spiro atoms. The Morgan fingerprint density at radius 3 is 2.30 bits per heavy atom. The van der Waals surface area contributed by atoms with Crippen LogP contribution in [0.1, 0.15) is 26.3 Å². The van der Waals surface area contributed by atoms with Crippen molar-refractivity contribution in [3.05, 3.63) is 106 Å². The van der Waals surface area contributed by atoms with Crippen LogP contribution in [0.15, 0.2) is 78.9 Å². The van der Waals surface area contributed by atoms with Crippen LogP contribution in [0.25, 0.3) is 0 Å². The highest BCUT2D eigenvalue weighted by atomic mass is 32.1. The molecule has 0 atom stereocenters. The standard InChI is InChI=1S/C23H20N4O5S/c28-21(17-9-11-20(12-10-17)32-14-13-16-5-2-1-3-6-16)24-23(33)26-25-22(29)18-7-4-8-19(15-18)27(30)31/h1-12,15H,13-14H2,(H,25,29)(H2,24,26,28,33). The first-order valence-corrected chi connectivity index (χ1v) is 10.3. The van der Waals surface area contributed by atoms with Crippen molar-refractivity contribution in [3.63, 3.8) is 0 Å². The van der Waals surface area contributed by atoms with E-state index in [0.717, 1.165) is 12.5 Å². The average Bonchev–Trinajstić information content (AvgIpc) is 2.83. The summed E-state index contributed by atoms with van der Waals surface area (Å²) in [6.07, 6.45) is 0.769. The van der Waals surface area contributed by atoms with Crippen molar-refractivity contribution in [2.75, 3.05) is 6.61 Å². The Hall–Kier alpha value is -4.31. The zero-order valence-corrected chi connectivity index (χ0v) is 18.1. The number of nitro groups is 1. The molecular weight excluding hydrogens is 444 g/mol. The molecule has 0 aliphatic rings. The van der Waals surface area contributed by atoms with Gasteiger partial charge in [0.2, 0.25) is 0 Å². The number of hydrogen-bond donors (Lipinski definition) is 3. The van der Waals surface area contributed by atoms with E-state index in [0.29, 0.717) is 17.9 Å². The minimum atomic E-state index is -0.646. The van der Waals surface area contributed by atoms with E-state index in [-0.39, 0.29) is 16.4 Å². The van der Waals surface area contributed by atoms with Crippen molar-refractivity contribution in [2.45, 2.75) is 6.42 Å². The third-order valence-corrected chi connectivity index (χ3v) is 4.66. The molecule has 0 aromatic heterocycles. The number of thiocarbonyl (C=S) groups is 1. The zero-order chi connectivity index (χ0) is 23.6. The molecule has 0 aliphatic carbocycles. The van der Waals surface area contributed by atoms with Crippen LogP contribution in [-0.4, -0.2) is 28.5 Å². The molecule has 10 heteroatoms. The van der Waals surface area contributed by atoms with Crippen LogP contribution >= 0.6 is 12.2 Å². The summed E-state index contributed by atoms with van der Waals surface area (Å²) in [7, 11) is 0. The van der Waals surface area contributed by atoms with Gasteiger partial charge in [0.15, 0.2) is 5.11 Å². The molecule has 3 N–H and O–H groups in total. The minimum absolute atomic E-state index is 0.0636. The molecule has 0 heterocycles. The van der Waals surface area contributed by atoms with E-state index in [1.54, 1.807) is 24.3 Å². The van der Waals surface area contributed by atoms with Gasteiger partial charge in [0, 0.05) is 29.7 Å². The topological polar surface area (TPSA) is 123 Å². The number of hydrogen-bond acceptors (Lipinski definition) is 6. The second kappa shape index (κ2) is 11.3. The lowest BCUT2D eigenvalue weighted by atomic mass is 10.2. The third-order valence-electron chi connectivity index (χ3n) is 4.45. The number of hydrazine groups is 1. The van der Waals surface area contributed by atoms with Crippen LogP contribution in [0, 0.1) is 10.1 Å². The molecule has 0 bridgehead atoms. The van der Waals surface area contributed by atoms with Crippen molar-refractivity contribution in [1.82, 2.24) is 16.2 Å². The van der Waals surface area contributed by atoms with Gasteiger partial charge in [-0.15, -0.1) is 0 Å². The first-order valence-electron chi connectivity index (χ1n) is 9.85. The fourth-order valence-electron chi connectivity index (χ4n) is 2.79. The molecule has 0 saturated heterocycles. The maximum Gasteiger partial charge on any atom is 0.270 e. The van der Waals surface area contributed by atoms with Crippen molar-refractivity contribution in [2.24, 2.45) is 0 Å². The van der Waals surface area contributed by atoms with Gasteiger partial charge >= 0.3 is 0 Å². The Bertz CT molecular complexity index is 1150. The number of rotatable bonds is 7. The number of benzene rings is 3. The van der Waals surface area contributed by atoms with Crippen LogP contribution in [0.5, 0.6) is 5.75 Å². The van der Waals surface area contributed by atoms with E-state index in [9.17, 15) is 19.7 Å². The monoisotopic (exact) mass is 464 g/mol. The maximum atomic E-state index is 12.3. The maximum absolute atomic E-state index is 12.3. The second-order valence-electron chi connectivity index (χ2n) is 6.78. The highest BCUT2D eigenvalue weighted by Crippen LogP contribution is 2.14. The fourth-order valence-corrected chi connectivity index (χ4v) is 2.93. The van der Waals surface area contributed by atoms with E-state index in [2.05, 4.69) is 16.2 Å². The van der Waals surface area contributed by atoms with Crippen molar-refractivity contribution in [1.29, 1.82) is 0 Å². The van der Waals surface area contributed by atoms with Gasteiger partial charge in [-0.2, -0.15) is 0 Å². The summed E-state index contributed by atoms with van der Waals surface area (Å²) in [5, 5.41) is 13.1. The van der Waals surface area contributed by atoms with E-state index >= 15 is 0 Å². The lowest BCUT2D eigenvalue weighted by Gasteiger charge is -2.11. The van der Waals surface area contributed by atoms with Gasteiger partial charge in [0.1, 0.15) is 5.75 Å². The van der Waals surface area contributed by atoms with Gasteiger partial charge in [-0.3, -0.25) is 35.9 Å². The molecule has 0 fully saturated rings. The van der Waals surface area contributed by atoms with Crippen molar-refractivity contribution < 1.29 is 19.2 Å². The predicted octanol–water partition coefficient (Wildman–Crippen LogP) is 3.17. The van der Waals surface area contributed by atoms with Crippen LogP contribution < -0.4 is 20.9 Å². The molecule has 9 nitrogen and oxygen atoms in total. The molecule has 2 amide bonds. The Morgan fingerprint density at radius 1 is 0.879 bits per heavy atom. The number of nitrogens with one attached hydrogen (secondary N) is 3. The number of carbonyl (C=O) groups is 2. The van der Waals surface area contributed by atoms with Gasteiger partial charge in [0.25, 0.3) is 17.5 Å². The van der Waals surface area contributed by atoms with E-state index in [1.165, 1.54) is 23.8 Å². The minimum Gasteiger partial charge on any atom is -0.493 e. The first kappa shape index (κ1) is 23.4. The zero-order valence-electron chi connectivity index (χ0n) is 17.3. The summed E-state index contributed by atoms with van der Waals surface area (Å²) in [5.41, 5.74) is 6.04. The van der Waals surface area contributed by atoms with Crippen LogP contribution in [-0.2, 0) is 6.42 Å². The molecule has 0 unspecified atom stereocenters. The highest BCUT2D eigenvalue weighted by molar-refractivity contribution is 7.80. The van der Waals surface area contributed by atoms with E-state index in [4.69, 9.17) is 17.0 Å². The highest BCUT2D eigenvalue weighted by Gasteiger charge is 2.13. The summed E-state index contributed by atoms with van der Waals surface area (Å²) >= 11 is 5.00. The Kier molecular flexibility index (Phi) is 8.03. The van der Waals surface area contributed by atoms with Gasteiger partial charge in [-0.25, -0.2) is 0 Å². The van der Waals surface area contributed by atoms with Gasteiger partial charge < -0.3 is 4.74 Å². The SMILES string of the molecule is O=C(NNC(=S)NC(=O)c1ccc(OCCc2ccccc2)cc1)c1cccc([N+](=O)[O-])c1. The normalized spacial score (nSPS) is 10.1. The summed E-state index contributed by atoms with van der Waals surface area (Å²) in [5.74, 6) is -0.493. The smallest absolute Gasteiger partial charge is 0.270 e. The molecule has 0 radical (unpaired) electrons. The van der Waals surface area contributed by atoms with Gasteiger partial charge in [-0.1, -0.05) is 36.4 Å². The average molecular weight is 465 g/mol. The molecule has 0 aliphatic heterocycles. The lowest BCUT2D eigenvalue weighted by molar-refractivity contribution is -0.384. The van der Waals surface area contributed by atoms with Crippen LogP contribution in [0.3, 0.4) is 0 Å². The summed E-state index contributed by atoms with van der Waals surface area (Å²) in [6.45, 7) is 0.508. The number of non-ortho nitro benzene ring substituents is 1. The molecule has 168 valence electrons. The Labute approximate surface area is 194 Å². The first-order chi connectivity index (χ1) is 15.9. The Balaban J connectivity index is 1.44. The number of nitro benzene ring substituents is 1. The van der Waals surface area contributed by atoms with Crippen molar-refractivity contribution in [3.8, 4) is 5.75 Å². The molecule has 3 aromatic rings. The summed E-state index contributed by atoms with van der Waals surface area (Å²) in [4.78, 5) is 34.7. The molecular formula is C23H20N4O5S. The quantitative estimate of drug-likeness (QED) is 0.279. The second-order valence-corrected chi connectivity index (χ2v) is 7.19. The van der Waals surface area contributed by atoms with Crippen molar-refractivity contribution >= 4 is 34.8 Å². The Morgan fingerprint density at radius 2 is 1.61 bits per heavy atom. The molecule has 0 saturated carbocycles. The number of nitrogens with zero attached hydrogens (tertiary/aromatic N) is 1. The van der Waals surface area contributed by atoms with Gasteiger partial charge in [-0.05, 0) is 48.1 Å². The van der Waals surface area contributed by atoms with E-state index < -0.39 is 16.7 Å². The number of carbonyl (C=O) groups excluding carboxylic acids is 2. The summed E-state index contributed by atoms with van der Waals surface area (Å²) in [6, 6.07) is 21.7. The fraction of sp³-hybridized carbons (Fsp3) is 0.0870. The number of amides is 2. The van der Waals surface area contributed by atoms with Crippen LogP contribution in [0.4, 0.5) is 5.69 Å². The number of ether oxygens (including phenoxy) is 1. The lowest BCUT2D eigenvalue weighted by Crippen LogP contribution is -2.48. The largest absolute Gasteiger partial charge is 0.493 e. The predicted molar refractivity (Wildman–Crippen MR) is 126 cm³/mol. The molecule has 33 heavy (non-hydrogen) atoms.